The number of para-hydroxylation sites is 1. The predicted octanol–water partition coefficient (Wildman–Crippen LogP) is 1.56. The van der Waals surface area contributed by atoms with Crippen molar-refractivity contribution in [3.63, 3.8) is 0 Å². The Balaban J connectivity index is 2.12. The van der Waals surface area contributed by atoms with E-state index in [-0.39, 0.29) is 10.5 Å². The number of carbonyl (C=O) groups excluding carboxylic acids is 1. The second kappa shape index (κ2) is 5.40. The van der Waals surface area contributed by atoms with Crippen LogP contribution in [0.2, 0.25) is 0 Å². The Bertz CT molecular complexity index is 864. The van der Waals surface area contributed by atoms with Crippen molar-refractivity contribution in [2.45, 2.75) is 11.3 Å². The third-order valence-corrected chi connectivity index (χ3v) is 6.39. The maximum atomic E-state index is 12.9. The first-order valence-electron chi connectivity index (χ1n) is 6.53. The van der Waals surface area contributed by atoms with Crippen LogP contribution in [-0.2, 0) is 16.4 Å². The number of hydrogen-bond acceptors (Lipinski definition) is 4. The molecule has 0 saturated heterocycles. The highest BCUT2D eigenvalue weighted by Crippen LogP contribution is 2.35. The second-order valence-corrected chi connectivity index (χ2v) is 7.57. The number of rotatable bonds is 3. The van der Waals surface area contributed by atoms with E-state index in [1.165, 1.54) is 16.4 Å². The molecule has 0 N–H and O–H groups in total. The van der Waals surface area contributed by atoms with Crippen molar-refractivity contribution in [2.24, 2.45) is 0 Å². The molecule has 114 valence electrons. The van der Waals surface area contributed by atoms with Crippen LogP contribution in [-0.4, -0.2) is 20.9 Å². The smallest absolute Gasteiger partial charge is 0.265 e. The fourth-order valence-corrected chi connectivity index (χ4v) is 4.96. The number of hydrogen-bond donors (Lipinski definition) is 0. The summed E-state index contributed by atoms with van der Waals surface area (Å²) in [7, 11) is -3.84. The van der Waals surface area contributed by atoms with E-state index in [9.17, 15) is 18.3 Å². The lowest BCUT2D eigenvalue weighted by Crippen LogP contribution is -2.30. The molecule has 0 radical (unpaired) electrons. The van der Waals surface area contributed by atoms with Gasteiger partial charge in [-0.05, 0) is 51.7 Å². The molecule has 0 amide bonds. The number of sulfonamides is 1. The van der Waals surface area contributed by atoms with Crippen molar-refractivity contribution in [1.82, 2.24) is 0 Å². The highest BCUT2D eigenvalue weighted by atomic mass is 79.9. The minimum atomic E-state index is -3.84. The zero-order valence-corrected chi connectivity index (χ0v) is 13.7. The molecule has 22 heavy (non-hydrogen) atoms. The summed E-state index contributed by atoms with van der Waals surface area (Å²) in [6.07, 6.45) is 0.632. The molecule has 7 heteroatoms. The lowest BCUT2D eigenvalue weighted by molar-refractivity contribution is -0.255. The van der Waals surface area contributed by atoms with Crippen molar-refractivity contribution >= 4 is 37.6 Å². The molecule has 1 heterocycles. The normalized spacial score (nSPS) is 14.0. The van der Waals surface area contributed by atoms with E-state index in [1.807, 2.05) is 12.1 Å². The fourth-order valence-electron chi connectivity index (χ4n) is 2.50. The van der Waals surface area contributed by atoms with Crippen molar-refractivity contribution in [1.29, 1.82) is 0 Å². The van der Waals surface area contributed by atoms with Gasteiger partial charge in [-0.15, -0.1) is 0 Å². The van der Waals surface area contributed by atoms with Gasteiger partial charge in [-0.25, -0.2) is 8.42 Å². The number of fused-ring (bicyclic) bond motifs is 1. The molecule has 1 aliphatic heterocycles. The Kier molecular flexibility index (Phi) is 3.70. The predicted molar refractivity (Wildman–Crippen MR) is 83.2 cm³/mol. The quantitative estimate of drug-likeness (QED) is 0.809. The number of halogens is 1. The fraction of sp³-hybridized carbons (Fsp3) is 0.133. The molecule has 2 aromatic rings. The number of carboxylic acids is 1. The first kappa shape index (κ1) is 15.1. The highest BCUT2D eigenvalue weighted by molar-refractivity contribution is 9.10. The summed E-state index contributed by atoms with van der Waals surface area (Å²) in [5.41, 5.74) is 1.42. The summed E-state index contributed by atoms with van der Waals surface area (Å²) in [5.74, 6) is -1.41. The molecule has 0 unspecified atom stereocenters. The third-order valence-electron chi connectivity index (χ3n) is 3.58. The number of benzene rings is 2. The Morgan fingerprint density at radius 1 is 1.18 bits per heavy atom. The van der Waals surface area contributed by atoms with E-state index in [0.29, 0.717) is 23.1 Å². The van der Waals surface area contributed by atoms with Gasteiger partial charge in [0.2, 0.25) is 0 Å². The van der Waals surface area contributed by atoms with Crippen LogP contribution < -0.4 is 9.41 Å². The van der Waals surface area contributed by atoms with E-state index in [4.69, 9.17) is 0 Å². The lowest BCUT2D eigenvalue weighted by atomic mass is 10.2. The Hall–Kier alpha value is -1.86. The first-order chi connectivity index (χ1) is 10.4. The topological polar surface area (TPSA) is 77.5 Å². The molecule has 5 nitrogen and oxygen atoms in total. The maximum absolute atomic E-state index is 12.9. The summed E-state index contributed by atoms with van der Waals surface area (Å²) >= 11 is 3.18. The number of carboxylic acid groups (broad SMARTS) is 1. The first-order valence-corrected chi connectivity index (χ1v) is 8.76. The maximum Gasteiger partial charge on any atom is 0.265 e. The Labute approximate surface area is 136 Å². The van der Waals surface area contributed by atoms with E-state index in [2.05, 4.69) is 15.9 Å². The van der Waals surface area contributed by atoms with Crippen LogP contribution in [0.1, 0.15) is 15.9 Å². The second-order valence-electron chi connectivity index (χ2n) is 4.89. The van der Waals surface area contributed by atoms with Crippen LogP contribution in [0.5, 0.6) is 0 Å². The van der Waals surface area contributed by atoms with Gasteiger partial charge >= 0.3 is 0 Å². The molecular formula is C15H11BrNO4S-. The van der Waals surface area contributed by atoms with Gasteiger partial charge in [-0.3, -0.25) is 4.31 Å². The summed E-state index contributed by atoms with van der Waals surface area (Å²) in [6, 6.07) is 11.1. The molecule has 0 aromatic heterocycles. The van der Waals surface area contributed by atoms with Crippen LogP contribution >= 0.6 is 15.9 Å². The molecule has 3 rings (SSSR count). The van der Waals surface area contributed by atoms with Gasteiger partial charge in [0.1, 0.15) is 4.90 Å². The van der Waals surface area contributed by atoms with Gasteiger partial charge in [-0.2, -0.15) is 0 Å². The Morgan fingerprint density at radius 3 is 2.64 bits per heavy atom. The molecule has 2 aromatic carbocycles. The van der Waals surface area contributed by atoms with Crippen molar-refractivity contribution in [2.75, 3.05) is 10.8 Å². The molecule has 0 bridgehead atoms. The zero-order valence-electron chi connectivity index (χ0n) is 11.3. The third kappa shape index (κ3) is 2.40. The number of aromatic carboxylic acids is 1. The monoisotopic (exact) mass is 380 g/mol. The standard InChI is InChI=1S/C15H12BrNO4S/c16-12-6-5-11(15(18)19)9-14(12)22(20,21)17-8-7-10-3-1-2-4-13(10)17/h1-6,9H,7-8H2,(H,18,19)/p-1. The lowest BCUT2D eigenvalue weighted by Gasteiger charge is -2.21. The van der Waals surface area contributed by atoms with Crippen molar-refractivity contribution in [3.05, 3.63) is 58.1 Å². The van der Waals surface area contributed by atoms with Crippen LogP contribution in [0.3, 0.4) is 0 Å². The molecule has 0 spiro atoms. The summed E-state index contributed by atoms with van der Waals surface area (Å²) in [6.45, 7) is 0.337. The van der Waals surface area contributed by atoms with Crippen molar-refractivity contribution in [3.8, 4) is 0 Å². The average Bonchev–Trinajstić information content (AvgIpc) is 2.91. The van der Waals surface area contributed by atoms with Gasteiger partial charge in [0, 0.05) is 11.0 Å². The minimum Gasteiger partial charge on any atom is -0.545 e. The van der Waals surface area contributed by atoms with E-state index < -0.39 is 16.0 Å². The molecule has 0 fully saturated rings. The average molecular weight is 381 g/mol. The van der Waals surface area contributed by atoms with Crippen LogP contribution in [0, 0.1) is 0 Å². The minimum absolute atomic E-state index is 0.0779. The highest BCUT2D eigenvalue weighted by Gasteiger charge is 2.32. The summed E-state index contributed by atoms with van der Waals surface area (Å²) < 4.78 is 27.4. The molecule has 0 aliphatic carbocycles. The summed E-state index contributed by atoms with van der Waals surface area (Å²) in [5, 5.41) is 11.0. The van der Waals surface area contributed by atoms with E-state index in [1.54, 1.807) is 12.1 Å². The van der Waals surface area contributed by atoms with Crippen molar-refractivity contribution < 1.29 is 18.3 Å². The summed E-state index contributed by atoms with van der Waals surface area (Å²) in [4.78, 5) is 10.9. The van der Waals surface area contributed by atoms with E-state index >= 15 is 0 Å². The molecule has 0 atom stereocenters. The number of anilines is 1. The van der Waals surface area contributed by atoms with E-state index in [0.717, 1.165) is 11.6 Å². The van der Waals surface area contributed by atoms with Crippen LogP contribution in [0.25, 0.3) is 0 Å². The van der Waals surface area contributed by atoms with Gasteiger partial charge < -0.3 is 9.90 Å². The number of nitrogens with zero attached hydrogens (tertiary/aromatic N) is 1. The van der Waals surface area contributed by atoms with Gasteiger partial charge in [0.15, 0.2) is 0 Å². The van der Waals surface area contributed by atoms with Crippen LogP contribution in [0.4, 0.5) is 5.69 Å². The van der Waals surface area contributed by atoms with Gasteiger partial charge in [0.05, 0.1) is 11.7 Å². The molecule has 1 aliphatic rings. The largest absolute Gasteiger partial charge is 0.545 e. The van der Waals surface area contributed by atoms with Gasteiger partial charge in [-0.1, -0.05) is 24.3 Å². The molecule has 0 saturated carbocycles. The van der Waals surface area contributed by atoms with Crippen LogP contribution in [0.15, 0.2) is 51.8 Å². The molecular weight excluding hydrogens is 370 g/mol. The van der Waals surface area contributed by atoms with Gasteiger partial charge in [0.25, 0.3) is 10.0 Å². The SMILES string of the molecule is O=C([O-])c1ccc(Br)c(S(=O)(=O)N2CCc3ccccc32)c1. The zero-order chi connectivity index (χ0) is 15.9. The number of carbonyl (C=O) groups is 1. The Morgan fingerprint density at radius 2 is 1.91 bits per heavy atom.